The van der Waals surface area contributed by atoms with Gasteiger partial charge in [-0.1, -0.05) is 13.8 Å². The quantitative estimate of drug-likeness (QED) is 0.909. The summed E-state index contributed by atoms with van der Waals surface area (Å²) in [7, 11) is 0. The lowest BCUT2D eigenvalue weighted by atomic mass is 10.1. The van der Waals surface area contributed by atoms with E-state index >= 15 is 0 Å². The van der Waals surface area contributed by atoms with Crippen LogP contribution in [0.2, 0.25) is 0 Å². The van der Waals surface area contributed by atoms with Crippen LogP contribution in [0.5, 0.6) is 0 Å². The van der Waals surface area contributed by atoms with Crippen LogP contribution in [0.1, 0.15) is 31.2 Å². The molecular formula is C18H27N5O2. The lowest BCUT2D eigenvalue weighted by Crippen LogP contribution is -2.51. The summed E-state index contributed by atoms with van der Waals surface area (Å²) in [5, 5.41) is 8.30. The van der Waals surface area contributed by atoms with E-state index in [-0.39, 0.29) is 6.04 Å². The van der Waals surface area contributed by atoms with Crippen molar-refractivity contribution in [2.24, 2.45) is 0 Å². The standard InChI is InChI=1S/C18H27N5O2/c1-12(2)14-9-18(23-17(19-14)8-13(3)21-23)20-15-10-25-11-16(15)22-4-6-24-7-5-22/h8-9,12,15-16,20H,4-7,10-11H2,1-3H3. The molecule has 2 atom stereocenters. The van der Waals surface area contributed by atoms with Crippen molar-refractivity contribution >= 4 is 11.5 Å². The van der Waals surface area contributed by atoms with Crippen LogP contribution in [0.15, 0.2) is 12.1 Å². The highest BCUT2D eigenvalue weighted by molar-refractivity contribution is 5.51. The molecule has 0 bridgehead atoms. The number of hydrogen-bond acceptors (Lipinski definition) is 6. The number of rotatable bonds is 4. The molecule has 0 aromatic carbocycles. The minimum atomic E-state index is 0.244. The lowest BCUT2D eigenvalue weighted by molar-refractivity contribution is 0.0130. The van der Waals surface area contributed by atoms with Crippen LogP contribution in [0, 0.1) is 6.92 Å². The topological polar surface area (TPSA) is 63.9 Å². The van der Waals surface area contributed by atoms with E-state index in [1.807, 2.05) is 17.5 Å². The summed E-state index contributed by atoms with van der Waals surface area (Å²) in [4.78, 5) is 7.22. The Balaban J connectivity index is 1.62. The summed E-state index contributed by atoms with van der Waals surface area (Å²) in [5.74, 6) is 1.37. The van der Waals surface area contributed by atoms with E-state index in [2.05, 4.69) is 35.2 Å². The van der Waals surface area contributed by atoms with E-state index < -0.39 is 0 Å². The molecule has 4 rings (SSSR count). The number of nitrogens with zero attached hydrogens (tertiary/aromatic N) is 4. The van der Waals surface area contributed by atoms with Crippen molar-refractivity contribution in [2.45, 2.75) is 38.8 Å². The molecule has 25 heavy (non-hydrogen) atoms. The van der Waals surface area contributed by atoms with Crippen molar-refractivity contribution in [3.63, 3.8) is 0 Å². The van der Waals surface area contributed by atoms with Gasteiger partial charge in [0.2, 0.25) is 0 Å². The number of anilines is 1. The van der Waals surface area contributed by atoms with E-state index in [1.54, 1.807) is 0 Å². The largest absolute Gasteiger partial charge is 0.379 e. The highest BCUT2D eigenvalue weighted by Crippen LogP contribution is 2.23. The fraction of sp³-hybridized carbons (Fsp3) is 0.667. The predicted molar refractivity (Wildman–Crippen MR) is 96.2 cm³/mol. The highest BCUT2D eigenvalue weighted by atomic mass is 16.5. The number of fused-ring (bicyclic) bond motifs is 1. The van der Waals surface area contributed by atoms with Crippen LogP contribution in [0.25, 0.3) is 5.65 Å². The van der Waals surface area contributed by atoms with Gasteiger partial charge >= 0.3 is 0 Å². The van der Waals surface area contributed by atoms with Crippen LogP contribution < -0.4 is 5.32 Å². The zero-order valence-electron chi connectivity index (χ0n) is 15.2. The van der Waals surface area contributed by atoms with E-state index in [1.165, 1.54) is 0 Å². The van der Waals surface area contributed by atoms with Gasteiger partial charge < -0.3 is 14.8 Å². The van der Waals surface area contributed by atoms with Crippen LogP contribution in [0.3, 0.4) is 0 Å². The van der Waals surface area contributed by atoms with Crippen LogP contribution >= 0.6 is 0 Å². The van der Waals surface area contributed by atoms with Gasteiger partial charge in [0.05, 0.1) is 44.2 Å². The number of aromatic nitrogens is 3. The van der Waals surface area contributed by atoms with Crippen molar-refractivity contribution in [1.82, 2.24) is 19.5 Å². The number of nitrogens with one attached hydrogen (secondary N) is 1. The Kier molecular flexibility index (Phi) is 4.62. The molecule has 0 amide bonds. The van der Waals surface area contributed by atoms with Crippen molar-refractivity contribution in [3.05, 3.63) is 23.5 Å². The summed E-state index contributed by atoms with van der Waals surface area (Å²) in [5.41, 5.74) is 2.95. The molecule has 2 fully saturated rings. The van der Waals surface area contributed by atoms with Crippen molar-refractivity contribution < 1.29 is 9.47 Å². The van der Waals surface area contributed by atoms with E-state index in [4.69, 9.17) is 14.5 Å². The Morgan fingerprint density at radius 1 is 1.16 bits per heavy atom. The van der Waals surface area contributed by atoms with Gasteiger partial charge in [-0.25, -0.2) is 4.98 Å². The maximum Gasteiger partial charge on any atom is 0.157 e. The smallest absolute Gasteiger partial charge is 0.157 e. The zero-order chi connectivity index (χ0) is 17.4. The Morgan fingerprint density at radius 2 is 1.96 bits per heavy atom. The van der Waals surface area contributed by atoms with Crippen molar-refractivity contribution in [3.8, 4) is 0 Å². The van der Waals surface area contributed by atoms with Gasteiger partial charge in [-0.15, -0.1) is 0 Å². The molecule has 7 nitrogen and oxygen atoms in total. The summed E-state index contributed by atoms with van der Waals surface area (Å²) in [6, 6.07) is 4.76. The fourth-order valence-electron chi connectivity index (χ4n) is 3.65. The molecule has 136 valence electrons. The summed E-state index contributed by atoms with van der Waals surface area (Å²) in [6.07, 6.45) is 0. The van der Waals surface area contributed by atoms with Gasteiger partial charge in [0.1, 0.15) is 5.82 Å². The third-order valence-electron chi connectivity index (χ3n) is 5.06. The first kappa shape index (κ1) is 16.8. The molecular weight excluding hydrogens is 318 g/mol. The third-order valence-corrected chi connectivity index (χ3v) is 5.06. The van der Waals surface area contributed by atoms with Gasteiger partial charge in [-0.2, -0.15) is 9.61 Å². The molecule has 0 radical (unpaired) electrons. The minimum Gasteiger partial charge on any atom is -0.379 e. The second-order valence-corrected chi connectivity index (χ2v) is 7.28. The van der Waals surface area contributed by atoms with Crippen LogP contribution in [-0.4, -0.2) is 71.1 Å². The molecule has 0 spiro atoms. The monoisotopic (exact) mass is 345 g/mol. The number of ether oxygens (including phenoxy) is 2. The first-order valence-electron chi connectivity index (χ1n) is 9.15. The van der Waals surface area contributed by atoms with Gasteiger partial charge in [0.15, 0.2) is 5.65 Å². The van der Waals surface area contributed by atoms with Gasteiger partial charge in [0.25, 0.3) is 0 Å². The summed E-state index contributed by atoms with van der Waals surface area (Å²) < 4.78 is 13.2. The molecule has 2 unspecified atom stereocenters. The van der Waals surface area contributed by atoms with E-state index in [9.17, 15) is 0 Å². The number of hydrogen-bond donors (Lipinski definition) is 1. The van der Waals surface area contributed by atoms with E-state index in [0.717, 1.165) is 55.8 Å². The number of aryl methyl sites for hydroxylation is 1. The second-order valence-electron chi connectivity index (χ2n) is 7.28. The molecule has 0 aliphatic carbocycles. The average Bonchev–Trinajstić information content (AvgIpc) is 3.21. The van der Waals surface area contributed by atoms with Crippen LogP contribution in [-0.2, 0) is 9.47 Å². The second kappa shape index (κ2) is 6.90. The molecule has 2 saturated heterocycles. The minimum absolute atomic E-state index is 0.244. The molecule has 2 aromatic rings. The van der Waals surface area contributed by atoms with Gasteiger partial charge in [0, 0.05) is 30.9 Å². The first-order valence-corrected chi connectivity index (χ1v) is 9.15. The number of morpholine rings is 1. The third kappa shape index (κ3) is 3.36. The highest BCUT2D eigenvalue weighted by Gasteiger charge is 2.34. The summed E-state index contributed by atoms with van der Waals surface area (Å²) >= 11 is 0. The Labute approximate surface area is 148 Å². The average molecular weight is 345 g/mol. The molecule has 7 heteroatoms. The Hall–Kier alpha value is -1.70. The molecule has 0 saturated carbocycles. The lowest BCUT2D eigenvalue weighted by Gasteiger charge is -2.34. The molecule has 2 aliphatic rings. The maximum atomic E-state index is 5.80. The summed E-state index contributed by atoms with van der Waals surface area (Å²) in [6.45, 7) is 11.4. The van der Waals surface area contributed by atoms with Crippen molar-refractivity contribution in [1.29, 1.82) is 0 Å². The van der Waals surface area contributed by atoms with Crippen LogP contribution in [0.4, 0.5) is 5.82 Å². The van der Waals surface area contributed by atoms with Gasteiger partial charge in [-0.05, 0) is 12.8 Å². The predicted octanol–water partition coefficient (Wildman–Crippen LogP) is 1.67. The Bertz CT molecular complexity index is 738. The van der Waals surface area contributed by atoms with Gasteiger partial charge in [-0.3, -0.25) is 4.90 Å². The van der Waals surface area contributed by atoms with E-state index in [0.29, 0.717) is 18.6 Å². The fourth-order valence-corrected chi connectivity index (χ4v) is 3.65. The molecule has 2 aromatic heterocycles. The Morgan fingerprint density at radius 3 is 2.72 bits per heavy atom. The normalized spacial score (nSPS) is 25.1. The zero-order valence-corrected chi connectivity index (χ0v) is 15.2. The maximum absolute atomic E-state index is 5.80. The SMILES string of the molecule is Cc1cc2nc(C(C)C)cc(NC3COCC3N3CCOCC3)n2n1. The molecule has 1 N–H and O–H groups in total. The molecule has 4 heterocycles. The van der Waals surface area contributed by atoms with Crippen molar-refractivity contribution in [2.75, 3.05) is 44.8 Å². The molecule has 2 aliphatic heterocycles. The first-order chi connectivity index (χ1) is 12.1.